The van der Waals surface area contributed by atoms with Crippen molar-refractivity contribution in [3.05, 3.63) is 24.3 Å². The Balaban J connectivity index is 1.73. The quantitative estimate of drug-likeness (QED) is 0.813. The third-order valence-corrected chi connectivity index (χ3v) is 2.89. The molecule has 0 bridgehead atoms. The van der Waals surface area contributed by atoms with Crippen molar-refractivity contribution in [2.24, 2.45) is 0 Å². The van der Waals surface area contributed by atoms with E-state index in [1.54, 1.807) is 7.11 Å². The fourth-order valence-corrected chi connectivity index (χ4v) is 1.93. The Bertz CT molecular complexity index is 338. The summed E-state index contributed by atoms with van der Waals surface area (Å²) in [4.78, 5) is 0. The number of hydrogen-bond acceptors (Lipinski definition) is 4. The van der Waals surface area contributed by atoms with Gasteiger partial charge >= 0.3 is 0 Å². The molecule has 1 heterocycles. The van der Waals surface area contributed by atoms with Gasteiger partial charge in [0.05, 0.1) is 20.3 Å². The molecule has 17 heavy (non-hydrogen) atoms. The van der Waals surface area contributed by atoms with E-state index in [9.17, 15) is 0 Å². The molecular formula is C13H20N2O2. The van der Waals surface area contributed by atoms with Gasteiger partial charge in [0.1, 0.15) is 5.75 Å². The fraction of sp³-hybridized carbons (Fsp3) is 0.538. The van der Waals surface area contributed by atoms with Gasteiger partial charge in [-0.3, -0.25) is 0 Å². The summed E-state index contributed by atoms with van der Waals surface area (Å²) in [7, 11) is 1.68. The molecular weight excluding hydrogens is 216 g/mol. The molecule has 2 N–H and O–H groups in total. The zero-order chi connectivity index (χ0) is 11.9. The molecule has 1 fully saturated rings. The lowest BCUT2D eigenvalue weighted by Gasteiger charge is -2.23. The number of methoxy groups -OCH3 is 1. The summed E-state index contributed by atoms with van der Waals surface area (Å²) in [6, 6.07) is 8.46. The lowest BCUT2D eigenvalue weighted by molar-refractivity contribution is 0.0753. The molecule has 1 unspecified atom stereocenters. The van der Waals surface area contributed by atoms with Crippen LogP contribution in [0.2, 0.25) is 0 Å². The van der Waals surface area contributed by atoms with Gasteiger partial charge in [0, 0.05) is 30.9 Å². The van der Waals surface area contributed by atoms with Crippen LogP contribution in [0.1, 0.15) is 6.42 Å². The standard InChI is InChI=1S/C13H20N2O2/c1-16-13-4-2-3-11(9-13)14-6-5-12-10-17-8-7-15-12/h2-4,9,12,14-15H,5-8,10H2,1H3. The zero-order valence-corrected chi connectivity index (χ0v) is 10.2. The smallest absolute Gasteiger partial charge is 0.120 e. The van der Waals surface area contributed by atoms with Crippen LogP contribution < -0.4 is 15.4 Å². The highest BCUT2D eigenvalue weighted by molar-refractivity contribution is 5.48. The van der Waals surface area contributed by atoms with Crippen molar-refractivity contribution in [1.82, 2.24) is 5.32 Å². The lowest BCUT2D eigenvalue weighted by atomic mass is 10.2. The Labute approximate surface area is 102 Å². The van der Waals surface area contributed by atoms with Crippen molar-refractivity contribution < 1.29 is 9.47 Å². The van der Waals surface area contributed by atoms with Crippen LogP contribution in [0.5, 0.6) is 5.75 Å². The summed E-state index contributed by atoms with van der Waals surface area (Å²) in [6.45, 7) is 3.55. The number of hydrogen-bond donors (Lipinski definition) is 2. The monoisotopic (exact) mass is 236 g/mol. The molecule has 0 radical (unpaired) electrons. The van der Waals surface area contributed by atoms with Gasteiger partial charge in [-0.05, 0) is 18.6 Å². The van der Waals surface area contributed by atoms with E-state index in [0.717, 1.165) is 44.2 Å². The summed E-state index contributed by atoms with van der Waals surface area (Å²) in [6.07, 6.45) is 1.07. The minimum absolute atomic E-state index is 0.474. The van der Waals surface area contributed by atoms with E-state index in [-0.39, 0.29) is 0 Å². The molecule has 1 aromatic rings. The first kappa shape index (κ1) is 12.2. The lowest BCUT2D eigenvalue weighted by Crippen LogP contribution is -2.42. The van der Waals surface area contributed by atoms with Gasteiger partial charge in [0.2, 0.25) is 0 Å². The van der Waals surface area contributed by atoms with Gasteiger partial charge in [-0.25, -0.2) is 0 Å². The minimum atomic E-state index is 0.474. The second-order valence-corrected chi connectivity index (χ2v) is 4.17. The Kier molecular flexibility index (Phi) is 4.64. The number of rotatable bonds is 5. The maximum absolute atomic E-state index is 5.41. The minimum Gasteiger partial charge on any atom is -0.497 e. The summed E-state index contributed by atoms with van der Waals surface area (Å²) >= 11 is 0. The van der Waals surface area contributed by atoms with E-state index in [1.165, 1.54) is 0 Å². The van der Waals surface area contributed by atoms with Gasteiger partial charge in [-0.2, -0.15) is 0 Å². The van der Waals surface area contributed by atoms with Gasteiger partial charge in [0.25, 0.3) is 0 Å². The van der Waals surface area contributed by atoms with Crippen molar-refractivity contribution in [3.8, 4) is 5.75 Å². The molecule has 94 valence electrons. The molecule has 4 nitrogen and oxygen atoms in total. The summed E-state index contributed by atoms with van der Waals surface area (Å²) < 4.78 is 10.6. The van der Waals surface area contributed by atoms with Gasteiger partial charge < -0.3 is 20.1 Å². The van der Waals surface area contributed by atoms with E-state index >= 15 is 0 Å². The number of morpholine rings is 1. The van der Waals surface area contributed by atoms with E-state index in [1.807, 2.05) is 24.3 Å². The number of anilines is 1. The molecule has 1 aromatic carbocycles. The predicted octanol–water partition coefficient (Wildman–Crippen LogP) is 1.49. The summed E-state index contributed by atoms with van der Waals surface area (Å²) in [5.41, 5.74) is 1.10. The molecule has 0 saturated carbocycles. The molecule has 2 rings (SSSR count). The van der Waals surface area contributed by atoms with Gasteiger partial charge in [-0.15, -0.1) is 0 Å². The predicted molar refractivity (Wildman–Crippen MR) is 68.7 cm³/mol. The third kappa shape index (κ3) is 3.91. The van der Waals surface area contributed by atoms with Crippen LogP contribution in [0.3, 0.4) is 0 Å². The van der Waals surface area contributed by atoms with Gasteiger partial charge in [0.15, 0.2) is 0 Å². The normalized spacial score (nSPS) is 19.9. The summed E-state index contributed by atoms with van der Waals surface area (Å²) in [5, 5.41) is 6.83. The van der Waals surface area contributed by atoms with E-state index in [2.05, 4.69) is 10.6 Å². The van der Waals surface area contributed by atoms with Crippen LogP contribution in [-0.2, 0) is 4.74 Å². The molecule has 4 heteroatoms. The second kappa shape index (κ2) is 6.47. The van der Waals surface area contributed by atoms with Crippen molar-refractivity contribution in [1.29, 1.82) is 0 Å². The van der Waals surface area contributed by atoms with Crippen molar-refractivity contribution in [3.63, 3.8) is 0 Å². The number of benzene rings is 1. The molecule has 1 aliphatic heterocycles. The van der Waals surface area contributed by atoms with Crippen LogP contribution in [0, 0.1) is 0 Å². The zero-order valence-electron chi connectivity index (χ0n) is 10.2. The molecule has 1 aliphatic rings. The SMILES string of the molecule is COc1cccc(NCCC2COCCN2)c1. The first-order chi connectivity index (χ1) is 8.38. The Morgan fingerprint density at radius 1 is 1.53 bits per heavy atom. The molecule has 1 saturated heterocycles. The topological polar surface area (TPSA) is 42.5 Å². The first-order valence-electron chi connectivity index (χ1n) is 6.07. The van der Waals surface area contributed by atoms with Crippen molar-refractivity contribution in [2.75, 3.05) is 38.7 Å². The average molecular weight is 236 g/mol. The summed E-state index contributed by atoms with van der Waals surface area (Å²) in [5.74, 6) is 0.883. The highest BCUT2D eigenvalue weighted by atomic mass is 16.5. The number of nitrogens with one attached hydrogen (secondary N) is 2. The molecule has 0 aliphatic carbocycles. The maximum Gasteiger partial charge on any atom is 0.120 e. The van der Waals surface area contributed by atoms with E-state index in [4.69, 9.17) is 9.47 Å². The highest BCUT2D eigenvalue weighted by Crippen LogP contribution is 2.16. The first-order valence-corrected chi connectivity index (χ1v) is 6.07. The molecule has 0 spiro atoms. The largest absolute Gasteiger partial charge is 0.497 e. The van der Waals surface area contributed by atoms with Crippen LogP contribution in [0.25, 0.3) is 0 Å². The maximum atomic E-state index is 5.41. The molecule has 0 amide bonds. The molecule has 1 atom stereocenters. The second-order valence-electron chi connectivity index (χ2n) is 4.17. The Morgan fingerprint density at radius 3 is 3.24 bits per heavy atom. The van der Waals surface area contributed by atoms with Crippen LogP contribution in [-0.4, -0.2) is 39.5 Å². The van der Waals surface area contributed by atoms with E-state index < -0.39 is 0 Å². The average Bonchev–Trinajstić information content (AvgIpc) is 2.40. The number of ether oxygens (including phenoxy) is 2. The molecule has 0 aromatic heterocycles. The van der Waals surface area contributed by atoms with Crippen LogP contribution in [0.15, 0.2) is 24.3 Å². The van der Waals surface area contributed by atoms with Gasteiger partial charge in [-0.1, -0.05) is 6.07 Å². The Morgan fingerprint density at radius 2 is 2.47 bits per heavy atom. The Hall–Kier alpha value is -1.26. The van der Waals surface area contributed by atoms with Crippen molar-refractivity contribution >= 4 is 5.69 Å². The fourth-order valence-electron chi connectivity index (χ4n) is 1.93. The van der Waals surface area contributed by atoms with Crippen molar-refractivity contribution in [2.45, 2.75) is 12.5 Å². The van der Waals surface area contributed by atoms with Crippen LogP contribution >= 0.6 is 0 Å². The van der Waals surface area contributed by atoms with Crippen LogP contribution in [0.4, 0.5) is 5.69 Å². The van der Waals surface area contributed by atoms with E-state index in [0.29, 0.717) is 6.04 Å². The highest BCUT2D eigenvalue weighted by Gasteiger charge is 2.11. The third-order valence-electron chi connectivity index (χ3n) is 2.89.